The molecule has 3 heterocycles. The highest BCUT2D eigenvalue weighted by atomic mass is 15.1. The number of aromatic nitrogens is 3. The minimum atomic E-state index is 0.614. The summed E-state index contributed by atoms with van der Waals surface area (Å²) in [5.41, 5.74) is 3.36. The number of pyridine rings is 1. The fourth-order valence-electron chi connectivity index (χ4n) is 2.67. The molecule has 2 aromatic heterocycles. The van der Waals surface area contributed by atoms with Gasteiger partial charge in [0.1, 0.15) is 0 Å². The molecule has 0 bridgehead atoms. The third kappa shape index (κ3) is 3.05. The molecule has 1 fully saturated rings. The van der Waals surface area contributed by atoms with Crippen molar-refractivity contribution in [2.24, 2.45) is 0 Å². The standard InChI is InChI=1S/C15H21N5/c1-20-7-4-14(5-8-20)17-10-13-11-18-19-15(13)12-3-2-6-16-9-12/h2-3,6,9,11,14,17H,4-5,7-8,10H2,1H3,(H,18,19). The average molecular weight is 271 g/mol. The molecular weight excluding hydrogens is 250 g/mol. The van der Waals surface area contributed by atoms with Gasteiger partial charge in [-0.2, -0.15) is 5.10 Å². The number of nitrogens with one attached hydrogen (secondary N) is 2. The van der Waals surface area contributed by atoms with Crippen LogP contribution in [0.4, 0.5) is 0 Å². The number of piperidine rings is 1. The summed E-state index contributed by atoms with van der Waals surface area (Å²) in [6.45, 7) is 3.21. The maximum atomic E-state index is 4.17. The lowest BCUT2D eigenvalue weighted by atomic mass is 10.0. The van der Waals surface area contributed by atoms with Gasteiger partial charge in [-0.3, -0.25) is 10.1 Å². The molecular formula is C15H21N5. The summed E-state index contributed by atoms with van der Waals surface area (Å²) in [7, 11) is 2.19. The molecule has 0 unspecified atom stereocenters. The Kier molecular flexibility index (Phi) is 4.08. The summed E-state index contributed by atoms with van der Waals surface area (Å²) >= 11 is 0. The van der Waals surface area contributed by atoms with Crippen LogP contribution in [-0.2, 0) is 6.54 Å². The third-order valence-electron chi connectivity index (χ3n) is 3.97. The van der Waals surface area contributed by atoms with Gasteiger partial charge in [-0.05, 0) is 45.1 Å². The van der Waals surface area contributed by atoms with E-state index in [-0.39, 0.29) is 0 Å². The van der Waals surface area contributed by atoms with E-state index < -0.39 is 0 Å². The van der Waals surface area contributed by atoms with Crippen LogP contribution >= 0.6 is 0 Å². The van der Waals surface area contributed by atoms with Crippen molar-refractivity contribution in [3.05, 3.63) is 36.3 Å². The zero-order valence-corrected chi connectivity index (χ0v) is 11.8. The predicted octanol–water partition coefficient (Wildman–Crippen LogP) is 1.66. The van der Waals surface area contributed by atoms with E-state index in [0.717, 1.165) is 17.8 Å². The van der Waals surface area contributed by atoms with Gasteiger partial charge in [-0.25, -0.2) is 0 Å². The van der Waals surface area contributed by atoms with Crippen LogP contribution in [0, 0.1) is 0 Å². The largest absolute Gasteiger partial charge is 0.310 e. The second kappa shape index (κ2) is 6.15. The van der Waals surface area contributed by atoms with E-state index in [2.05, 4.69) is 38.5 Å². The van der Waals surface area contributed by atoms with Gasteiger partial charge < -0.3 is 10.2 Å². The Balaban J connectivity index is 1.63. The highest BCUT2D eigenvalue weighted by Gasteiger charge is 2.16. The number of H-pyrrole nitrogens is 1. The van der Waals surface area contributed by atoms with Gasteiger partial charge in [0.15, 0.2) is 0 Å². The Morgan fingerprint density at radius 1 is 1.35 bits per heavy atom. The first-order valence-electron chi connectivity index (χ1n) is 7.17. The number of nitrogens with zero attached hydrogens (tertiary/aromatic N) is 3. The second-order valence-electron chi connectivity index (χ2n) is 5.47. The lowest BCUT2D eigenvalue weighted by molar-refractivity contribution is 0.234. The van der Waals surface area contributed by atoms with Gasteiger partial charge in [0.05, 0.1) is 11.9 Å². The first-order chi connectivity index (χ1) is 9.83. The summed E-state index contributed by atoms with van der Waals surface area (Å²) in [5.74, 6) is 0. The summed E-state index contributed by atoms with van der Waals surface area (Å²) < 4.78 is 0. The minimum Gasteiger partial charge on any atom is -0.310 e. The maximum absolute atomic E-state index is 4.17. The molecule has 20 heavy (non-hydrogen) atoms. The molecule has 3 rings (SSSR count). The smallest absolute Gasteiger partial charge is 0.0710 e. The van der Waals surface area contributed by atoms with E-state index in [4.69, 9.17) is 0 Å². The lowest BCUT2D eigenvalue weighted by Gasteiger charge is -2.29. The molecule has 0 amide bonds. The Hall–Kier alpha value is -1.72. The first kappa shape index (κ1) is 13.3. The van der Waals surface area contributed by atoms with Crippen molar-refractivity contribution < 1.29 is 0 Å². The van der Waals surface area contributed by atoms with E-state index in [9.17, 15) is 0 Å². The molecule has 2 aromatic rings. The van der Waals surface area contributed by atoms with Crippen LogP contribution in [0.3, 0.4) is 0 Å². The number of hydrogen-bond donors (Lipinski definition) is 2. The maximum Gasteiger partial charge on any atom is 0.0710 e. The topological polar surface area (TPSA) is 56.8 Å². The predicted molar refractivity (Wildman–Crippen MR) is 79.2 cm³/mol. The van der Waals surface area contributed by atoms with E-state index in [1.807, 2.05) is 18.5 Å². The Morgan fingerprint density at radius 3 is 2.95 bits per heavy atom. The minimum absolute atomic E-state index is 0.614. The highest BCUT2D eigenvalue weighted by molar-refractivity contribution is 5.61. The first-order valence-corrected chi connectivity index (χ1v) is 7.17. The van der Waals surface area contributed by atoms with E-state index >= 15 is 0 Å². The molecule has 1 aliphatic heterocycles. The lowest BCUT2D eigenvalue weighted by Crippen LogP contribution is -2.40. The third-order valence-corrected chi connectivity index (χ3v) is 3.97. The molecule has 5 heteroatoms. The molecule has 0 radical (unpaired) electrons. The van der Waals surface area contributed by atoms with Gasteiger partial charge in [0, 0.05) is 36.1 Å². The molecule has 0 aliphatic carbocycles. The van der Waals surface area contributed by atoms with Gasteiger partial charge in [0.2, 0.25) is 0 Å². The van der Waals surface area contributed by atoms with E-state index in [1.165, 1.54) is 31.5 Å². The van der Waals surface area contributed by atoms with Crippen molar-refractivity contribution in [1.82, 2.24) is 25.4 Å². The molecule has 2 N–H and O–H groups in total. The number of hydrogen-bond acceptors (Lipinski definition) is 4. The number of rotatable bonds is 4. The monoisotopic (exact) mass is 271 g/mol. The Morgan fingerprint density at radius 2 is 2.20 bits per heavy atom. The fraction of sp³-hybridized carbons (Fsp3) is 0.467. The Bertz CT molecular complexity index is 528. The molecule has 1 saturated heterocycles. The van der Waals surface area contributed by atoms with Crippen LogP contribution in [0.1, 0.15) is 18.4 Å². The normalized spacial score (nSPS) is 17.4. The van der Waals surface area contributed by atoms with Crippen molar-refractivity contribution in [2.75, 3.05) is 20.1 Å². The molecule has 0 saturated carbocycles. The molecule has 5 nitrogen and oxygen atoms in total. The molecule has 106 valence electrons. The van der Waals surface area contributed by atoms with Crippen molar-refractivity contribution in [2.45, 2.75) is 25.4 Å². The molecule has 0 spiro atoms. The van der Waals surface area contributed by atoms with Crippen LogP contribution < -0.4 is 5.32 Å². The van der Waals surface area contributed by atoms with Crippen molar-refractivity contribution in [1.29, 1.82) is 0 Å². The molecule has 1 aliphatic rings. The van der Waals surface area contributed by atoms with Crippen molar-refractivity contribution >= 4 is 0 Å². The van der Waals surface area contributed by atoms with Crippen molar-refractivity contribution in [3.8, 4) is 11.3 Å². The SMILES string of the molecule is CN1CCC(NCc2cn[nH]c2-c2cccnc2)CC1. The van der Waals surface area contributed by atoms with Crippen LogP contribution in [-0.4, -0.2) is 46.3 Å². The highest BCUT2D eigenvalue weighted by Crippen LogP contribution is 2.20. The van der Waals surface area contributed by atoms with E-state index in [1.54, 1.807) is 6.20 Å². The van der Waals surface area contributed by atoms with Crippen LogP contribution in [0.25, 0.3) is 11.3 Å². The molecule has 0 atom stereocenters. The zero-order chi connectivity index (χ0) is 13.8. The number of likely N-dealkylation sites (tertiary alicyclic amines) is 1. The fourth-order valence-corrected chi connectivity index (χ4v) is 2.67. The van der Waals surface area contributed by atoms with Crippen molar-refractivity contribution in [3.63, 3.8) is 0 Å². The van der Waals surface area contributed by atoms with Gasteiger partial charge in [0.25, 0.3) is 0 Å². The van der Waals surface area contributed by atoms with Gasteiger partial charge >= 0.3 is 0 Å². The number of aromatic amines is 1. The molecule has 0 aromatic carbocycles. The average Bonchev–Trinajstić information content (AvgIpc) is 2.96. The zero-order valence-electron chi connectivity index (χ0n) is 11.8. The van der Waals surface area contributed by atoms with Crippen LogP contribution in [0.15, 0.2) is 30.7 Å². The summed E-state index contributed by atoms with van der Waals surface area (Å²) in [6.07, 6.45) is 8.00. The van der Waals surface area contributed by atoms with Gasteiger partial charge in [-0.15, -0.1) is 0 Å². The summed E-state index contributed by atoms with van der Waals surface area (Å²) in [6, 6.07) is 4.62. The quantitative estimate of drug-likeness (QED) is 0.888. The Labute approximate surface area is 119 Å². The van der Waals surface area contributed by atoms with Crippen LogP contribution in [0.2, 0.25) is 0 Å². The van der Waals surface area contributed by atoms with Gasteiger partial charge in [-0.1, -0.05) is 0 Å². The van der Waals surface area contributed by atoms with E-state index in [0.29, 0.717) is 6.04 Å². The van der Waals surface area contributed by atoms with Crippen LogP contribution in [0.5, 0.6) is 0 Å². The second-order valence-corrected chi connectivity index (χ2v) is 5.47. The summed E-state index contributed by atoms with van der Waals surface area (Å²) in [5, 5.41) is 10.9. The summed E-state index contributed by atoms with van der Waals surface area (Å²) in [4.78, 5) is 6.55.